The van der Waals surface area contributed by atoms with E-state index in [-0.39, 0.29) is 34.7 Å². The van der Waals surface area contributed by atoms with Gasteiger partial charge in [0.1, 0.15) is 16.0 Å². The van der Waals surface area contributed by atoms with Gasteiger partial charge in [-0.05, 0) is 37.6 Å². The van der Waals surface area contributed by atoms with Crippen molar-refractivity contribution in [1.82, 2.24) is 14.2 Å². The predicted molar refractivity (Wildman–Crippen MR) is 116 cm³/mol. The zero-order chi connectivity index (χ0) is 21.9. The first-order chi connectivity index (χ1) is 14.2. The van der Waals surface area contributed by atoms with E-state index < -0.39 is 10.0 Å². The van der Waals surface area contributed by atoms with Crippen molar-refractivity contribution in [2.24, 2.45) is 0 Å². The molecule has 0 aliphatic carbocycles. The second kappa shape index (κ2) is 9.35. The minimum atomic E-state index is -3.70. The van der Waals surface area contributed by atoms with Gasteiger partial charge in [-0.3, -0.25) is 4.79 Å². The Morgan fingerprint density at radius 1 is 1.23 bits per heavy atom. The molecule has 1 aliphatic heterocycles. The topological polar surface area (TPSA) is 94.4 Å². The molecule has 0 N–H and O–H groups in total. The van der Waals surface area contributed by atoms with Gasteiger partial charge in [0.25, 0.3) is 0 Å². The second-order valence-corrected chi connectivity index (χ2v) is 10.2. The number of sulfonamides is 1. The molecule has 7 nitrogen and oxygen atoms in total. The Balaban J connectivity index is 1.61. The molecular formula is C20H21ClN4O3S2. The summed E-state index contributed by atoms with van der Waals surface area (Å²) in [5, 5.41) is 10.1. The quantitative estimate of drug-likeness (QED) is 0.631. The van der Waals surface area contributed by atoms with Crippen LogP contribution < -0.4 is 0 Å². The first kappa shape index (κ1) is 22.6. The van der Waals surface area contributed by atoms with Gasteiger partial charge in [0.15, 0.2) is 0 Å². The maximum Gasteiger partial charge on any atom is 0.244 e. The van der Waals surface area contributed by atoms with Gasteiger partial charge >= 0.3 is 0 Å². The van der Waals surface area contributed by atoms with E-state index in [4.69, 9.17) is 11.6 Å². The molecule has 3 rings (SSSR count). The SMILES string of the molecule is Cc1cc(C)c(C#N)c(SCC(=O)N2CCN(S(=O)(=O)c3ccccc3Cl)CC2)n1. The van der Waals surface area contributed by atoms with E-state index in [1.807, 2.05) is 19.9 Å². The molecule has 10 heteroatoms. The fraction of sp³-hybridized carbons (Fsp3) is 0.350. The Morgan fingerprint density at radius 2 is 1.90 bits per heavy atom. The Morgan fingerprint density at radius 3 is 2.53 bits per heavy atom. The Bertz CT molecular complexity index is 1110. The van der Waals surface area contributed by atoms with E-state index in [9.17, 15) is 18.5 Å². The Kier molecular flexibility index (Phi) is 7.03. The van der Waals surface area contributed by atoms with Crippen LogP contribution in [0.15, 0.2) is 40.3 Å². The van der Waals surface area contributed by atoms with Crippen molar-refractivity contribution >= 4 is 39.3 Å². The van der Waals surface area contributed by atoms with Crippen LogP contribution >= 0.6 is 23.4 Å². The van der Waals surface area contributed by atoms with Crippen molar-refractivity contribution < 1.29 is 13.2 Å². The zero-order valence-corrected chi connectivity index (χ0v) is 19.0. The number of nitrogens with zero attached hydrogens (tertiary/aromatic N) is 4. The molecule has 0 saturated carbocycles. The maximum atomic E-state index is 12.8. The number of piperazine rings is 1. The van der Waals surface area contributed by atoms with Gasteiger partial charge < -0.3 is 4.90 Å². The summed E-state index contributed by atoms with van der Waals surface area (Å²) in [6, 6.07) is 10.3. The molecule has 1 fully saturated rings. The molecule has 2 heterocycles. The van der Waals surface area contributed by atoms with Gasteiger partial charge in [-0.15, -0.1) is 0 Å². The first-order valence-electron chi connectivity index (χ1n) is 9.27. The number of aromatic nitrogens is 1. The molecule has 30 heavy (non-hydrogen) atoms. The van der Waals surface area contributed by atoms with Crippen molar-refractivity contribution in [3.05, 3.63) is 52.2 Å². The van der Waals surface area contributed by atoms with Gasteiger partial charge in [0, 0.05) is 31.9 Å². The molecule has 0 atom stereocenters. The fourth-order valence-corrected chi connectivity index (χ4v) is 6.15. The van der Waals surface area contributed by atoms with Gasteiger partial charge in [-0.25, -0.2) is 13.4 Å². The highest BCUT2D eigenvalue weighted by Gasteiger charge is 2.31. The molecule has 2 aromatic rings. The third kappa shape index (κ3) is 4.78. The molecule has 1 saturated heterocycles. The molecule has 0 unspecified atom stereocenters. The number of hydrogen-bond donors (Lipinski definition) is 0. The monoisotopic (exact) mass is 464 g/mol. The van der Waals surface area contributed by atoms with Crippen molar-refractivity contribution in [2.45, 2.75) is 23.8 Å². The number of thioether (sulfide) groups is 1. The van der Waals surface area contributed by atoms with Crippen molar-refractivity contribution in [2.75, 3.05) is 31.9 Å². The lowest BCUT2D eigenvalue weighted by atomic mass is 10.1. The molecule has 0 bridgehead atoms. The summed E-state index contributed by atoms with van der Waals surface area (Å²) >= 11 is 7.28. The summed E-state index contributed by atoms with van der Waals surface area (Å²) in [7, 11) is -3.70. The Hall–Kier alpha value is -2.12. The number of carbonyl (C=O) groups is 1. The zero-order valence-electron chi connectivity index (χ0n) is 16.6. The number of hydrogen-bond acceptors (Lipinski definition) is 6. The van der Waals surface area contributed by atoms with Crippen LogP contribution in [0.25, 0.3) is 0 Å². The molecule has 158 valence electrons. The van der Waals surface area contributed by atoms with Crippen LogP contribution in [0, 0.1) is 25.2 Å². The average molecular weight is 465 g/mol. The maximum absolute atomic E-state index is 12.8. The summed E-state index contributed by atoms with van der Waals surface area (Å²) in [6.07, 6.45) is 0. The van der Waals surface area contributed by atoms with E-state index in [0.29, 0.717) is 23.7 Å². The van der Waals surface area contributed by atoms with Crippen LogP contribution in [0.1, 0.15) is 16.8 Å². The van der Waals surface area contributed by atoms with Crippen LogP contribution in [0.5, 0.6) is 0 Å². The average Bonchev–Trinajstić information content (AvgIpc) is 2.72. The molecule has 1 aromatic carbocycles. The number of halogens is 1. The first-order valence-corrected chi connectivity index (χ1v) is 12.1. The highest BCUT2D eigenvalue weighted by Crippen LogP contribution is 2.26. The fourth-order valence-electron chi connectivity index (χ4n) is 3.24. The second-order valence-electron chi connectivity index (χ2n) is 6.88. The molecule has 1 aliphatic rings. The minimum absolute atomic E-state index is 0.0759. The van der Waals surface area contributed by atoms with E-state index >= 15 is 0 Å². The smallest absolute Gasteiger partial charge is 0.244 e. The van der Waals surface area contributed by atoms with Gasteiger partial charge in [0.05, 0.1) is 16.3 Å². The van der Waals surface area contributed by atoms with Gasteiger partial charge in [-0.2, -0.15) is 9.57 Å². The Labute approximate surface area is 185 Å². The molecule has 1 amide bonds. The number of pyridine rings is 1. The van der Waals surface area contributed by atoms with E-state index in [0.717, 1.165) is 11.3 Å². The summed E-state index contributed by atoms with van der Waals surface area (Å²) in [5.74, 6) is 0.0293. The van der Waals surface area contributed by atoms with Gasteiger partial charge in [-0.1, -0.05) is 35.5 Å². The van der Waals surface area contributed by atoms with Crippen molar-refractivity contribution in [3.63, 3.8) is 0 Å². The van der Waals surface area contributed by atoms with Crippen LogP contribution in [0.3, 0.4) is 0 Å². The van der Waals surface area contributed by atoms with E-state index in [1.165, 1.54) is 22.1 Å². The lowest BCUT2D eigenvalue weighted by molar-refractivity contribution is -0.129. The van der Waals surface area contributed by atoms with Crippen LogP contribution in [0.4, 0.5) is 0 Å². The summed E-state index contributed by atoms with van der Waals surface area (Å²) < 4.78 is 27.0. The lowest BCUT2D eigenvalue weighted by Gasteiger charge is -2.34. The highest BCUT2D eigenvalue weighted by molar-refractivity contribution is 8.00. The number of carbonyl (C=O) groups excluding carboxylic acids is 1. The summed E-state index contributed by atoms with van der Waals surface area (Å²) in [4.78, 5) is 18.7. The number of aryl methyl sites for hydroxylation is 2. The van der Waals surface area contributed by atoms with E-state index in [2.05, 4.69) is 11.1 Å². The van der Waals surface area contributed by atoms with Crippen LogP contribution in [-0.2, 0) is 14.8 Å². The minimum Gasteiger partial charge on any atom is -0.339 e. The molecule has 1 aromatic heterocycles. The van der Waals surface area contributed by atoms with Crippen LogP contribution in [-0.4, -0.2) is 60.4 Å². The summed E-state index contributed by atoms with van der Waals surface area (Å²) in [6.45, 7) is 4.70. The number of nitriles is 1. The lowest BCUT2D eigenvalue weighted by Crippen LogP contribution is -2.51. The largest absolute Gasteiger partial charge is 0.339 e. The highest BCUT2D eigenvalue weighted by atomic mass is 35.5. The molecule has 0 radical (unpaired) electrons. The summed E-state index contributed by atoms with van der Waals surface area (Å²) in [5.41, 5.74) is 2.10. The van der Waals surface area contributed by atoms with Gasteiger partial charge in [0.2, 0.25) is 15.9 Å². The number of amides is 1. The van der Waals surface area contributed by atoms with E-state index in [1.54, 1.807) is 23.1 Å². The normalized spacial score (nSPS) is 15.1. The van der Waals surface area contributed by atoms with Crippen molar-refractivity contribution in [1.29, 1.82) is 5.26 Å². The predicted octanol–water partition coefficient (Wildman–Crippen LogP) is 2.85. The number of benzene rings is 1. The third-order valence-electron chi connectivity index (χ3n) is 4.80. The standard InChI is InChI=1S/C20H21ClN4O3S2/c1-14-11-15(2)23-20(16(14)12-22)29-13-19(26)24-7-9-25(10-8-24)30(27,28)18-6-4-3-5-17(18)21/h3-6,11H,7-10,13H2,1-2H3. The van der Waals surface area contributed by atoms with Crippen LogP contribution in [0.2, 0.25) is 5.02 Å². The van der Waals surface area contributed by atoms with Crippen molar-refractivity contribution in [3.8, 4) is 6.07 Å². The number of rotatable bonds is 5. The molecule has 0 spiro atoms. The molecular weight excluding hydrogens is 444 g/mol. The third-order valence-corrected chi connectivity index (χ3v) is 8.16.